The first kappa shape index (κ1) is 16.8. The lowest BCUT2D eigenvalue weighted by molar-refractivity contribution is -0.118. The Kier molecular flexibility index (Phi) is 5.83. The summed E-state index contributed by atoms with van der Waals surface area (Å²) in [5, 5.41) is 6.45. The van der Waals surface area contributed by atoms with Crippen molar-refractivity contribution >= 4 is 11.6 Å². The fraction of sp³-hybridized carbons (Fsp3) is 0.611. The van der Waals surface area contributed by atoms with Crippen LogP contribution < -0.4 is 15.4 Å². The Labute approximate surface area is 133 Å². The molecule has 2 rings (SSSR count). The summed E-state index contributed by atoms with van der Waals surface area (Å²) in [4.78, 5) is 12.4. The second-order valence-electron chi connectivity index (χ2n) is 6.45. The SMILES string of the molecule is COc1ccccc1NC(=O)C(C)NC1CCCC(C)C1C. The molecule has 4 nitrogen and oxygen atoms in total. The van der Waals surface area contributed by atoms with Gasteiger partial charge in [0.15, 0.2) is 0 Å². The zero-order valence-electron chi connectivity index (χ0n) is 14.1. The molecule has 0 aromatic heterocycles. The van der Waals surface area contributed by atoms with E-state index in [1.54, 1.807) is 7.11 Å². The van der Waals surface area contributed by atoms with Gasteiger partial charge in [0.2, 0.25) is 5.91 Å². The van der Waals surface area contributed by atoms with Crippen LogP contribution in [0.25, 0.3) is 0 Å². The molecule has 4 heteroatoms. The van der Waals surface area contributed by atoms with Crippen molar-refractivity contribution in [3.63, 3.8) is 0 Å². The summed E-state index contributed by atoms with van der Waals surface area (Å²) in [7, 11) is 1.61. The molecule has 1 aliphatic carbocycles. The minimum atomic E-state index is -0.220. The van der Waals surface area contributed by atoms with Crippen molar-refractivity contribution in [3.8, 4) is 5.75 Å². The molecule has 4 unspecified atom stereocenters. The first-order valence-corrected chi connectivity index (χ1v) is 8.23. The van der Waals surface area contributed by atoms with Crippen molar-refractivity contribution in [2.24, 2.45) is 11.8 Å². The Bertz CT molecular complexity index is 504. The molecule has 2 N–H and O–H groups in total. The van der Waals surface area contributed by atoms with Gasteiger partial charge < -0.3 is 15.4 Å². The third-order valence-corrected chi connectivity index (χ3v) is 4.93. The zero-order chi connectivity index (χ0) is 16.1. The minimum absolute atomic E-state index is 0.0186. The number of hydrogen-bond donors (Lipinski definition) is 2. The molecule has 1 amide bonds. The predicted octanol–water partition coefficient (Wildman–Crippen LogP) is 3.44. The molecule has 1 aliphatic rings. The Morgan fingerprint density at radius 1 is 1.27 bits per heavy atom. The van der Waals surface area contributed by atoms with Crippen molar-refractivity contribution in [1.29, 1.82) is 0 Å². The molecule has 1 aromatic rings. The number of nitrogens with one attached hydrogen (secondary N) is 2. The van der Waals surface area contributed by atoms with Gasteiger partial charge in [-0.15, -0.1) is 0 Å². The molecule has 0 aliphatic heterocycles. The Hall–Kier alpha value is -1.55. The fourth-order valence-electron chi connectivity index (χ4n) is 3.20. The lowest BCUT2D eigenvalue weighted by atomic mass is 9.78. The Morgan fingerprint density at radius 2 is 2.00 bits per heavy atom. The number of carbonyl (C=O) groups is 1. The van der Waals surface area contributed by atoms with Crippen LogP contribution in [0.3, 0.4) is 0 Å². The van der Waals surface area contributed by atoms with Crippen molar-refractivity contribution in [2.75, 3.05) is 12.4 Å². The number of hydrogen-bond acceptors (Lipinski definition) is 3. The number of carbonyl (C=O) groups excluding carboxylic acids is 1. The van der Waals surface area contributed by atoms with Gasteiger partial charge in [0, 0.05) is 6.04 Å². The van der Waals surface area contributed by atoms with E-state index in [0.717, 1.165) is 12.3 Å². The molecule has 0 radical (unpaired) electrons. The van der Waals surface area contributed by atoms with Gasteiger partial charge in [0.1, 0.15) is 5.75 Å². The quantitative estimate of drug-likeness (QED) is 0.876. The lowest BCUT2D eigenvalue weighted by Gasteiger charge is -2.36. The summed E-state index contributed by atoms with van der Waals surface area (Å²) < 4.78 is 5.27. The van der Waals surface area contributed by atoms with E-state index in [1.165, 1.54) is 12.8 Å². The first-order valence-electron chi connectivity index (χ1n) is 8.23. The van der Waals surface area contributed by atoms with Gasteiger partial charge in [0.05, 0.1) is 18.8 Å². The second kappa shape index (κ2) is 7.63. The van der Waals surface area contributed by atoms with Crippen LogP contribution in [0.4, 0.5) is 5.69 Å². The Balaban J connectivity index is 1.94. The van der Waals surface area contributed by atoms with Crippen molar-refractivity contribution < 1.29 is 9.53 Å². The monoisotopic (exact) mass is 304 g/mol. The number of anilines is 1. The van der Waals surface area contributed by atoms with E-state index in [2.05, 4.69) is 24.5 Å². The highest BCUT2D eigenvalue weighted by Crippen LogP contribution is 2.30. The summed E-state index contributed by atoms with van der Waals surface area (Å²) in [6.07, 6.45) is 3.68. The molecule has 1 fully saturated rings. The van der Waals surface area contributed by atoms with Gasteiger partial charge in [-0.3, -0.25) is 4.79 Å². The van der Waals surface area contributed by atoms with E-state index in [0.29, 0.717) is 23.4 Å². The van der Waals surface area contributed by atoms with Crippen LogP contribution in [0.2, 0.25) is 0 Å². The highest BCUT2D eigenvalue weighted by molar-refractivity contribution is 5.95. The maximum atomic E-state index is 12.4. The van der Waals surface area contributed by atoms with Crippen LogP contribution in [-0.4, -0.2) is 25.1 Å². The number of rotatable bonds is 5. The summed E-state index contributed by atoms with van der Waals surface area (Å²) >= 11 is 0. The van der Waals surface area contributed by atoms with Crippen LogP contribution in [-0.2, 0) is 4.79 Å². The largest absolute Gasteiger partial charge is 0.495 e. The molecule has 0 spiro atoms. The molecular weight excluding hydrogens is 276 g/mol. The van der Waals surface area contributed by atoms with Crippen LogP contribution in [0.5, 0.6) is 5.75 Å². The van der Waals surface area contributed by atoms with E-state index in [1.807, 2.05) is 31.2 Å². The molecule has 122 valence electrons. The normalized spacial score (nSPS) is 26.3. The van der Waals surface area contributed by atoms with Crippen molar-refractivity contribution in [3.05, 3.63) is 24.3 Å². The Morgan fingerprint density at radius 3 is 2.73 bits per heavy atom. The fourth-order valence-corrected chi connectivity index (χ4v) is 3.20. The molecule has 4 atom stereocenters. The summed E-state index contributed by atoms with van der Waals surface area (Å²) in [5.74, 6) is 1.99. The maximum Gasteiger partial charge on any atom is 0.241 e. The molecule has 1 saturated carbocycles. The van der Waals surface area contributed by atoms with Crippen molar-refractivity contribution in [2.45, 2.75) is 52.1 Å². The average Bonchev–Trinajstić information content (AvgIpc) is 2.52. The number of amides is 1. The number of methoxy groups -OCH3 is 1. The van der Waals surface area contributed by atoms with E-state index in [-0.39, 0.29) is 11.9 Å². The van der Waals surface area contributed by atoms with Gasteiger partial charge in [0.25, 0.3) is 0 Å². The van der Waals surface area contributed by atoms with Gasteiger partial charge >= 0.3 is 0 Å². The zero-order valence-corrected chi connectivity index (χ0v) is 14.1. The number of benzene rings is 1. The van der Waals surface area contributed by atoms with Crippen molar-refractivity contribution in [1.82, 2.24) is 5.32 Å². The van der Waals surface area contributed by atoms with Crippen LogP contribution >= 0.6 is 0 Å². The van der Waals surface area contributed by atoms with E-state index < -0.39 is 0 Å². The maximum absolute atomic E-state index is 12.4. The lowest BCUT2D eigenvalue weighted by Crippen LogP contribution is -2.49. The third-order valence-electron chi connectivity index (χ3n) is 4.93. The molecule has 0 bridgehead atoms. The molecule has 1 aromatic carbocycles. The van der Waals surface area contributed by atoms with Gasteiger partial charge in [-0.05, 0) is 37.3 Å². The molecule has 22 heavy (non-hydrogen) atoms. The standard InChI is InChI=1S/C18H28N2O2/c1-12-8-7-10-15(13(12)2)19-14(3)18(21)20-16-9-5-6-11-17(16)22-4/h5-6,9,11-15,19H,7-8,10H2,1-4H3,(H,20,21). The summed E-state index contributed by atoms with van der Waals surface area (Å²) in [5.41, 5.74) is 0.716. The summed E-state index contributed by atoms with van der Waals surface area (Å²) in [6, 6.07) is 7.68. The molecule has 0 saturated heterocycles. The average molecular weight is 304 g/mol. The minimum Gasteiger partial charge on any atom is -0.495 e. The van der Waals surface area contributed by atoms with Gasteiger partial charge in [-0.2, -0.15) is 0 Å². The highest BCUT2D eigenvalue weighted by Gasteiger charge is 2.29. The first-order chi connectivity index (χ1) is 10.5. The predicted molar refractivity (Wildman–Crippen MR) is 90.2 cm³/mol. The third kappa shape index (κ3) is 4.01. The molecule has 0 heterocycles. The van der Waals surface area contributed by atoms with E-state index in [4.69, 9.17) is 4.74 Å². The summed E-state index contributed by atoms with van der Waals surface area (Å²) in [6.45, 7) is 6.52. The number of ether oxygens (including phenoxy) is 1. The topological polar surface area (TPSA) is 50.4 Å². The van der Waals surface area contributed by atoms with Crippen LogP contribution in [0.1, 0.15) is 40.0 Å². The smallest absolute Gasteiger partial charge is 0.241 e. The highest BCUT2D eigenvalue weighted by atomic mass is 16.5. The van der Waals surface area contributed by atoms with Gasteiger partial charge in [-0.1, -0.05) is 38.8 Å². The van der Waals surface area contributed by atoms with Crippen LogP contribution in [0.15, 0.2) is 24.3 Å². The van der Waals surface area contributed by atoms with E-state index >= 15 is 0 Å². The van der Waals surface area contributed by atoms with E-state index in [9.17, 15) is 4.79 Å². The second-order valence-corrected chi connectivity index (χ2v) is 6.45. The number of para-hydroxylation sites is 2. The van der Waals surface area contributed by atoms with Crippen LogP contribution in [0, 0.1) is 11.8 Å². The molecular formula is C18H28N2O2. The van der Waals surface area contributed by atoms with Gasteiger partial charge in [-0.25, -0.2) is 0 Å².